The van der Waals surface area contributed by atoms with Gasteiger partial charge in [-0.05, 0) is 30.0 Å². The van der Waals surface area contributed by atoms with Crippen LogP contribution in [-0.4, -0.2) is 75.1 Å². The Morgan fingerprint density at radius 3 is 1.81 bits per heavy atom. The number of carboxylic acid groups (broad SMARTS) is 2. The summed E-state index contributed by atoms with van der Waals surface area (Å²) in [6.07, 6.45) is -1.45. The van der Waals surface area contributed by atoms with Gasteiger partial charge >= 0.3 is 11.9 Å². The number of hydrogen-bond acceptors (Lipinski definition) is 8. The summed E-state index contributed by atoms with van der Waals surface area (Å²) in [7, 11) is 0. The van der Waals surface area contributed by atoms with Crippen molar-refractivity contribution in [1.82, 2.24) is 16.0 Å². The molecule has 14 heteroatoms. The molecule has 4 amide bonds. The van der Waals surface area contributed by atoms with E-state index in [0.29, 0.717) is 5.56 Å². The monoisotopic (exact) mass is 523 g/mol. The second kappa shape index (κ2) is 14.4. The van der Waals surface area contributed by atoms with E-state index in [-0.39, 0.29) is 24.5 Å². The molecule has 1 aromatic carbocycles. The number of aliphatic carboxylic acids is 2. The summed E-state index contributed by atoms with van der Waals surface area (Å²) in [5.41, 5.74) is 11.3. The predicted octanol–water partition coefficient (Wildman–Crippen LogP) is -1.80. The van der Waals surface area contributed by atoms with Gasteiger partial charge in [-0.25, -0.2) is 4.79 Å². The number of nitrogens with one attached hydrogen (secondary N) is 3. The van der Waals surface area contributed by atoms with Gasteiger partial charge in [0.25, 0.3) is 0 Å². The summed E-state index contributed by atoms with van der Waals surface area (Å²) >= 11 is 0. The van der Waals surface area contributed by atoms with E-state index in [1.54, 1.807) is 13.8 Å². The Kier molecular flexibility index (Phi) is 12.0. The van der Waals surface area contributed by atoms with Crippen LogP contribution in [0.2, 0.25) is 0 Å². The Balaban J connectivity index is 3.16. The van der Waals surface area contributed by atoms with Gasteiger partial charge in [0.05, 0.1) is 18.9 Å². The Morgan fingerprint density at radius 2 is 1.32 bits per heavy atom. The van der Waals surface area contributed by atoms with Gasteiger partial charge in [0.1, 0.15) is 23.9 Å². The highest BCUT2D eigenvalue weighted by Gasteiger charge is 2.32. The van der Waals surface area contributed by atoms with E-state index >= 15 is 0 Å². The fraction of sp³-hybridized carbons (Fsp3) is 0.478. The number of carbonyl (C=O) groups excluding carboxylic acids is 4. The SMILES string of the molecule is CC(C)CC(NC(=O)C(CC(N)=O)NC(=O)C(Cc1ccc(O)cc1)NC(=O)C(N)CC(=O)O)C(=O)O. The number of carbonyl (C=O) groups is 6. The molecular weight excluding hydrogens is 490 g/mol. The van der Waals surface area contributed by atoms with Crippen LogP contribution >= 0.6 is 0 Å². The summed E-state index contributed by atoms with van der Waals surface area (Å²) in [6.45, 7) is 3.49. The van der Waals surface area contributed by atoms with Crippen molar-refractivity contribution in [3.63, 3.8) is 0 Å². The fourth-order valence-corrected chi connectivity index (χ4v) is 3.28. The molecule has 4 atom stereocenters. The fourth-order valence-electron chi connectivity index (χ4n) is 3.28. The first-order chi connectivity index (χ1) is 17.2. The maximum absolute atomic E-state index is 13.1. The van der Waals surface area contributed by atoms with E-state index < -0.39 is 72.6 Å². The minimum atomic E-state index is -1.56. The molecule has 0 heterocycles. The van der Waals surface area contributed by atoms with Crippen molar-refractivity contribution < 1.29 is 44.1 Å². The quantitative estimate of drug-likeness (QED) is 0.128. The average Bonchev–Trinajstić information content (AvgIpc) is 2.77. The van der Waals surface area contributed by atoms with Gasteiger partial charge in [0.15, 0.2) is 0 Å². The van der Waals surface area contributed by atoms with Crippen molar-refractivity contribution in [3.05, 3.63) is 29.8 Å². The predicted molar refractivity (Wildman–Crippen MR) is 129 cm³/mol. The molecule has 0 bridgehead atoms. The van der Waals surface area contributed by atoms with Gasteiger partial charge < -0.3 is 42.7 Å². The zero-order chi connectivity index (χ0) is 28.3. The molecule has 0 aliphatic rings. The number of phenolic OH excluding ortho intramolecular Hbond substituents is 1. The summed E-state index contributed by atoms with van der Waals surface area (Å²) in [4.78, 5) is 72.3. The Labute approximate surface area is 212 Å². The van der Waals surface area contributed by atoms with E-state index in [1.165, 1.54) is 24.3 Å². The molecule has 1 rings (SSSR count). The molecule has 0 aliphatic heterocycles. The van der Waals surface area contributed by atoms with Crippen molar-refractivity contribution in [2.45, 2.75) is 63.7 Å². The molecule has 10 N–H and O–H groups in total. The Morgan fingerprint density at radius 1 is 0.811 bits per heavy atom. The van der Waals surface area contributed by atoms with Gasteiger partial charge in [0.2, 0.25) is 23.6 Å². The average molecular weight is 524 g/mol. The van der Waals surface area contributed by atoms with Crippen LogP contribution in [-0.2, 0) is 35.2 Å². The highest BCUT2D eigenvalue weighted by Crippen LogP contribution is 2.12. The first-order valence-corrected chi connectivity index (χ1v) is 11.4. The first kappa shape index (κ1) is 30.8. The molecule has 1 aromatic rings. The van der Waals surface area contributed by atoms with E-state index in [4.69, 9.17) is 16.6 Å². The molecule has 0 aliphatic carbocycles. The van der Waals surface area contributed by atoms with Crippen LogP contribution in [0.25, 0.3) is 0 Å². The minimum absolute atomic E-state index is 0.0511. The number of benzene rings is 1. The maximum atomic E-state index is 13.1. The van der Waals surface area contributed by atoms with Gasteiger partial charge in [-0.1, -0.05) is 26.0 Å². The number of hydrogen-bond donors (Lipinski definition) is 8. The van der Waals surface area contributed by atoms with Crippen molar-refractivity contribution in [2.75, 3.05) is 0 Å². The molecule has 0 radical (unpaired) electrons. The molecule has 0 saturated carbocycles. The second-order valence-corrected chi connectivity index (χ2v) is 8.90. The Hall–Kier alpha value is -4.20. The van der Waals surface area contributed by atoms with Crippen LogP contribution in [0.15, 0.2) is 24.3 Å². The molecule has 0 saturated heterocycles. The highest BCUT2D eigenvalue weighted by molar-refractivity contribution is 5.96. The highest BCUT2D eigenvalue weighted by atomic mass is 16.4. The van der Waals surface area contributed by atoms with Gasteiger partial charge in [-0.2, -0.15) is 0 Å². The third-order valence-electron chi connectivity index (χ3n) is 5.10. The van der Waals surface area contributed by atoms with Crippen LogP contribution in [0.1, 0.15) is 38.7 Å². The third kappa shape index (κ3) is 11.4. The largest absolute Gasteiger partial charge is 0.508 e. The number of aromatic hydroxyl groups is 1. The lowest BCUT2D eigenvalue weighted by atomic mass is 10.0. The second-order valence-electron chi connectivity index (χ2n) is 8.90. The first-order valence-electron chi connectivity index (χ1n) is 11.4. The lowest BCUT2D eigenvalue weighted by Gasteiger charge is -2.25. The lowest BCUT2D eigenvalue weighted by molar-refractivity contribution is -0.143. The summed E-state index contributed by atoms with van der Waals surface area (Å²) in [6, 6.07) is -0.104. The van der Waals surface area contributed by atoms with E-state index in [2.05, 4.69) is 16.0 Å². The summed E-state index contributed by atoms with van der Waals surface area (Å²) in [5, 5.41) is 34.6. The van der Waals surface area contributed by atoms with Crippen LogP contribution in [0.5, 0.6) is 5.75 Å². The zero-order valence-electron chi connectivity index (χ0n) is 20.5. The molecular formula is C23H33N5O9. The standard InChI is InChI=1S/C23H33N5O9/c1-11(2)7-17(23(36)37)28-22(35)16(10-18(25)30)27-21(34)15(8-12-3-5-13(29)6-4-12)26-20(33)14(24)9-19(31)32/h3-6,11,14-17,29H,7-10,24H2,1-2H3,(H2,25,30)(H,26,33)(H,27,34)(H,28,35)(H,31,32)(H,36,37). The number of nitrogens with two attached hydrogens (primary N) is 2. The molecule has 37 heavy (non-hydrogen) atoms. The smallest absolute Gasteiger partial charge is 0.326 e. The molecule has 204 valence electrons. The topological polar surface area (TPSA) is 251 Å². The van der Waals surface area contributed by atoms with E-state index in [9.17, 15) is 39.0 Å². The third-order valence-corrected chi connectivity index (χ3v) is 5.10. The Bertz CT molecular complexity index is 997. The van der Waals surface area contributed by atoms with Crippen molar-refractivity contribution in [1.29, 1.82) is 0 Å². The lowest BCUT2D eigenvalue weighted by Crippen LogP contribution is -2.58. The molecule has 0 fully saturated rings. The van der Waals surface area contributed by atoms with Crippen molar-refractivity contribution in [2.24, 2.45) is 17.4 Å². The number of rotatable bonds is 15. The number of amides is 4. The van der Waals surface area contributed by atoms with Gasteiger partial charge in [-0.15, -0.1) is 0 Å². The number of primary amides is 1. The van der Waals surface area contributed by atoms with Crippen LogP contribution < -0.4 is 27.4 Å². The summed E-state index contributed by atoms with van der Waals surface area (Å²) < 4.78 is 0. The van der Waals surface area contributed by atoms with Crippen LogP contribution in [0.3, 0.4) is 0 Å². The van der Waals surface area contributed by atoms with Crippen molar-refractivity contribution in [3.8, 4) is 5.75 Å². The van der Waals surface area contributed by atoms with Crippen LogP contribution in [0.4, 0.5) is 0 Å². The number of phenols is 1. The molecule has 0 aromatic heterocycles. The minimum Gasteiger partial charge on any atom is -0.508 e. The van der Waals surface area contributed by atoms with Crippen LogP contribution in [0, 0.1) is 5.92 Å². The normalized spacial score (nSPS) is 14.1. The molecule has 14 nitrogen and oxygen atoms in total. The number of carboxylic acids is 2. The van der Waals surface area contributed by atoms with Crippen molar-refractivity contribution >= 4 is 35.6 Å². The van der Waals surface area contributed by atoms with E-state index in [0.717, 1.165) is 0 Å². The zero-order valence-corrected chi connectivity index (χ0v) is 20.5. The van der Waals surface area contributed by atoms with Gasteiger partial charge in [0, 0.05) is 6.42 Å². The summed E-state index contributed by atoms with van der Waals surface area (Å²) in [5.74, 6) is -6.63. The van der Waals surface area contributed by atoms with Gasteiger partial charge in [-0.3, -0.25) is 24.0 Å². The molecule has 0 spiro atoms. The maximum Gasteiger partial charge on any atom is 0.326 e. The van der Waals surface area contributed by atoms with E-state index in [1.807, 2.05) is 0 Å². The molecule has 4 unspecified atom stereocenters.